The molecule has 4 rings (SSSR count). The number of aromatic nitrogens is 3. The highest BCUT2D eigenvalue weighted by atomic mass is 16.5. The van der Waals surface area contributed by atoms with E-state index in [0.29, 0.717) is 11.7 Å². The molecule has 0 fully saturated rings. The number of benzene rings is 2. The normalized spacial score (nSPS) is 11.4. The quantitative estimate of drug-likeness (QED) is 0.547. The molecule has 0 amide bonds. The zero-order chi connectivity index (χ0) is 16.4. The molecule has 0 bridgehead atoms. The van der Waals surface area contributed by atoms with Crippen LogP contribution in [0.25, 0.3) is 34.4 Å². The molecule has 24 heavy (non-hydrogen) atoms. The van der Waals surface area contributed by atoms with E-state index in [2.05, 4.69) is 15.1 Å². The van der Waals surface area contributed by atoms with Crippen LogP contribution in [0, 0.1) is 6.92 Å². The van der Waals surface area contributed by atoms with Gasteiger partial charge in [-0.1, -0.05) is 53.7 Å². The van der Waals surface area contributed by atoms with E-state index >= 15 is 0 Å². The fourth-order valence-corrected chi connectivity index (χ4v) is 2.64. The molecular formula is C20H15N3O. The van der Waals surface area contributed by atoms with E-state index < -0.39 is 0 Å². The zero-order valence-electron chi connectivity index (χ0n) is 13.2. The van der Waals surface area contributed by atoms with Crippen molar-refractivity contribution in [1.29, 1.82) is 0 Å². The first-order chi connectivity index (χ1) is 11.8. The van der Waals surface area contributed by atoms with Crippen LogP contribution >= 0.6 is 0 Å². The van der Waals surface area contributed by atoms with E-state index in [1.807, 2.05) is 79.7 Å². The van der Waals surface area contributed by atoms with E-state index in [1.54, 1.807) is 0 Å². The average Bonchev–Trinajstić information content (AvgIpc) is 3.09. The van der Waals surface area contributed by atoms with Gasteiger partial charge in [0.1, 0.15) is 0 Å². The predicted octanol–water partition coefficient (Wildman–Crippen LogP) is 4.76. The second-order valence-corrected chi connectivity index (χ2v) is 5.53. The van der Waals surface area contributed by atoms with Crippen molar-refractivity contribution in [2.75, 3.05) is 0 Å². The minimum atomic E-state index is 0.479. The molecule has 0 aliphatic heterocycles. The highest BCUT2D eigenvalue weighted by Crippen LogP contribution is 2.26. The van der Waals surface area contributed by atoms with Crippen LogP contribution in [0.1, 0.15) is 17.1 Å². The molecule has 0 aliphatic rings. The summed E-state index contributed by atoms with van der Waals surface area (Å²) in [6, 6.07) is 20.0. The summed E-state index contributed by atoms with van der Waals surface area (Å²) in [5, 5.41) is 5.14. The van der Waals surface area contributed by atoms with Crippen molar-refractivity contribution in [1.82, 2.24) is 15.1 Å². The minimum Gasteiger partial charge on any atom is -0.334 e. The lowest BCUT2D eigenvalue weighted by atomic mass is 10.1. The molecular weight excluding hydrogens is 298 g/mol. The summed E-state index contributed by atoms with van der Waals surface area (Å²) in [5.74, 6) is 1.05. The Morgan fingerprint density at radius 2 is 1.67 bits per heavy atom. The van der Waals surface area contributed by atoms with Gasteiger partial charge in [-0.15, -0.1) is 0 Å². The van der Waals surface area contributed by atoms with E-state index in [9.17, 15) is 0 Å². The van der Waals surface area contributed by atoms with Crippen molar-refractivity contribution in [3.05, 3.63) is 77.8 Å². The molecule has 4 heteroatoms. The molecule has 0 unspecified atom stereocenters. The fourth-order valence-electron chi connectivity index (χ4n) is 2.64. The number of pyridine rings is 1. The molecule has 0 saturated carbocycles. The van der Waals surface area contributed by atoms with Gasteiger partial charge in [0.25, 0.3) is 5.89 Å². The van der Waals surface area contributed by atoms with Crippen molar-refractivity contribution < 1.29 is 4.52 Å². The van der Waals surface area contributed by atoms with Crippen LogP contribution in [0.5, 0.6) is 0 Å². The van der Waals surface area contributed by atoms with Gasteiger partial charge in [-0.2, -0.15) is 4.98 Å². The Kier molecular flexibility index (Phi) is 3.63. The Bertz CT molecular complexity index is 1020. The van der Waals surface area contributed by atoms with E-state index in [4.69, 9.17) is 4.52 Å². The number of hydrogen-bond donors (Lipinski definition) is 0. The summed E-state index contributed by atoms with van der Waals surface area (Å²) >= 11 is 0. The summed E-state index contributed by atoms with van der Waals surface area (Å²) in [5.41, 5.74) is 3.87. The number of rotatable bonds is 3. The van der Waals surface area contributed by atoms with Gasteiger partial charge < -0.3 is 4.52 Å². The van der Waals surface area contributed by atoms with Gasteiger partial charge in [-0.3, -0.25) is 4.98 Å². The highest BCUT2D eigenvalue weighted by Gasteiger charge is 2.11. The second kappa shape index (κ2) is 6.08. The Labute approximate surface area is 139 Å². The standard InChI is InChI=1S/C20H15N3O/c1-14-13-17(16-9-5-6-10-18(16)21-14)20-22-19(24-23-20)12-11-15-7-3-2-4-8-15/h2-13H,1H3. The number of aryl methyl sites for hydroxylation is 1. The van der Waals surface area contributed by atoms with E-state index in [0.717, 1.165) is 27.7 Å². The molecule has 4 nitrogen and oxygen atoms in total. The maximum atomic E-state index is 5.36. The van der Waals surface area contributed by atoms with Crippen molar-refractivity contribution >= 4 is 23.1 Å². The maximum Gasteiger partial charge on any atom is 0.250 e. The van der Waals surface area contributed by atoms with Gasteiger partial charge >= 0.3 is 0 Å². The zero-order valence-corrected chi connectivity index (χ0v) is 13.2. The SMILES string of the molecule is Cc1cc(-c2noc(C=Cc3ccccc3)n2)c2ccccc2n1. The average molecular weight is 313 g/mol. The topological polar surface area (TPSA) is 51.8 Å². The van der Waals surface area contributed by atoms with Crippen LogP contribution in [-0.2, 0) is 0 Å². The number of nitrogens with zero attached hydrogens (tertiary/aromatic N) is 3. The lowest BCUT2D eigenvalue weighted by molar-refractivity contribution is 0.411. The Hall–Kier alpha value is -3.27. The lowest BCUT2D eigenvalue weighted by Gasteiger charge is -2.03. The first-order valence-electron chi connectivity index (χ1n) is 7.73. The van der Waals surface area contributed by atoms with Crippen molar-refractivity contribution in [3.63, 3.8) is 0 Å². The molecule has 0 atom stereocenters. The van der Waals surface area contributed by atoms with Crippen LogP contribution in [0.3, 0.4) is 0 Å². The van der Waals surface area contributed by atoms with Gasteiger partial charge in [0.05, 0.1) is 5.52 Å². The number of fused-ring (bicyclic) bond motifs is 1. The molecule has 4 aromatic rings. The highest BCUT2D eigenvalue weighted by molar-refractivity contribution is 5.92. The fraction of sp³-hybridized carbons (Fsp3) is 0.0500. The molecule has 0 N–H and O–H groups in total. The largest absolute Gasteiger partial charge is 0.334 e. The minimum absolute atomic E-state index is 0.479. The van der Waals surface area contributed by atoms with Crippen LogP contribution < -0.4 is 0 Å². The first-order valence-corrected chi connectivity index (χ1v) is 7.73. The van der Waals surface area contributed by atoms with E-state index in [-0.39, 0.29) is 0 Å². The molecule has 2 aromatic heterocycles. The van der Waals surface area contributed by atoms with Crippen molar-refractivity contribution in [2.24, 2.45) is 0 Å². The first kappa shape index (κ1) is 14.3. The lowest BCUT2D eigenvalue weighted by Crippen LogP contribution is -1.89. The summed E-state index contributed by atoms with van der Waals surface area (Å²) in [6.07, 6.45) is 3.77. The summed E-state index contributed by atoms with van der Waals surface area (Å²) in [6.45, 7) is 1.96. The molecule has 2 heterocycles. The molecule has 2 aromatic carbocycles. The second-order valence-electron chi connectivity index (χ2n) is 5.53. The predicted molar refractivity (Wildman–Crippen MR) is 95.1 cm³/mol. The Morgan fingerprint density at radius 1 is 0.875 bits per heavy atom. The van der Waals surface area contributed by atoms with Gasteiger partial charge in [0.2, 0.25) is 5.82 Å². The molecule has 116 valence electrons. The van der Waals surface area contributed by atoms with Gasteiger partial charge in [-0.25, -0.2) is 0 Å². The summed E-state index contributed by atoms with van der Waals surface area (Å²) < 4.78 is 5.36. The van der Waals surface area contributed by atoms with Crippen molar-refractivity contribution in [3.8, 4) is 11.4 Å². The molecule has 0 aliphatic carbocycles. The third kappa shape index (κ3) is 2.82. The monoisotopic (exact) mass is 313 g/mol. The third-order valence-electron chi connectivity index (χ3n) is 3.74. The van der Waals surface area contributed by atoms with E-state index in [1.165, 1.54) is 0 Å². The van der Waals surface area contributed by atoms with Crippen molar-refractivity contribution in [2.45, 2.75) is 6.92 Å². The summed E-state index contributed by atoms with van der Waals surface area (Å²) in [7, 11) is 0. The van der Waals surface area contributed by atoms with Crippen LogP contribution in [0.15, 0.2) is 65.2 Å². The Morgan fingerprint density at radius 3 is 2.54 bits per heavy atom. The van der Waals surface area contributed by atoms with Gasteiger partial charge in [0.15, 0.2) is 0 Å². The van der Waals surface area contributed by atoms with Crippen LogP contribution in [0.2, 0.25) is 0 Å². The molecule has 0 spiro atoms. The molecule has 0 saturated heterocycles. The van der Waals surface area contributed by atoms with Crippen LogP contribution in [-0.4, -0.2) is 15.1 Å². The Balaban J connectivity index is 1.72. The molecule has 0 radical (unpaired) electrons. The third-order valence-corrected chi connectivity index (χ3v) is 3.74. The smallest absolute Gasteiger partial charge is 0.250 e. The van der Waals surface area contributed by atoms with Gasteiger partial charge in [0, 0.05) is 22.7 Å². The number of para-hydroxylation sites is 1. The maximum absolute atomic E-state index is 5.36. The van der Waals surface area contributed by atoms with Gasteiger partial charge in [-0.05, 0) is 30.7 Å². The summed E-state index contributed by atoms with van der Waals surface area (Å²) in [4.78, 5) is 9.04. The van der Waals surface area contributed by atoms with Crippen LogP contribution in [0.4, 0.5) is 0 Å². The number of hydrogen-bond acceptors (Lipinski definition) is 4.